The molecule has 2 aromatic rings. The molecular formula is C26H29N3O5. The Bertz CT molecular complexity index is 1050. The van der Waals surface area contributed by atoms with Crippen molar-refractivity contribution < 1.29 is 23.9 Å². The monoisotopic (exact) mass is 463 g/mol. The molecule has 4 rings (SSSR count). The summed E-state index contributed by atoms with van der Waals surface area (Å²) >= 11 is 0. The highest BCUT2D eigenvalue weighted by molar-refractivity contribution is 5.90. The summed E-state index contributed by atoms with van der Waals surface area (Å²) in [5.74, 6) is -0.393. The van der Waals surface area contributed by atoms with Crippen LogP contribution in [-0.2, 0) is 14.3 Å². The van der Waals surface area contributed by atoms with Gasteiger partial charge in [0.25, 0.3) is 0 Å². The molecule has 1 heterocycles. The quantitative estimate of drug-likeness (QED) is 0.640. The molecule has 3 amide bonds. The molecule has 0 saturated carbocycles. The van der Waals surface area contributed by atoms with Crippen LogP contribution < -0.4 is 10.6 Å². The second-order valence-corrected chi connectivity index (χ2v) is 8.46. The number of hydrogen-bond donors (Lipinski definition) is 2. The maximum absolute atomic E-state index is 12.8. The van der Waals surface area contributed by atoms with Gasteiger partial charge >= 0.3 is 12.2 Å². The Hall–Kier alpha value is -3.81. The lowest BCUT2D eigenvalue weighted by atomic mass is 9.86. The summed E-state index contributed by atoms with van der Waals surface area (Å²) in [6.45, 7) is 4.35. The number of likely N-dealkylation sites (tertiary alicyclic amines) is 1. The highest BCUT2D eigenvalue weighted by atomic mass is 16.6. The van der Waals surface area contributed by atoms with Gasteiger partial charge in [-0.1, -0.05) is 61.2 Å². The van der Waals surface area contributed by atoms with Crippen LogP contribution in [-0.4, -0.2) is 61.9 Å². The maximum atomic E-state index is 12.8. The first-order chi connectivity index (χ1) is 16.5. The Morgan fingerprint density at radius 2 is 1.62 bits per heavy atom. The average Bonchev–Trinajstić information content (AvgIpc) is 3.19. The molecule has 2 aliphatic rings. The number of benzene rings is 2. The van der Waals surface area contributed by atoms with Gasteiger partial charge in [0.1, 0.15) is 18.8 Å². The van der Waals surface area contributed by atoms with E-state index in [9.17, 15) is 14.4 Å². The first-order valence-electron chi connectivity index (χ1n) is 11.4. The van der Waals surface area contributed by atoms with Crippen molar-refractivity contribution in [3.05, 3.63) is 72.3 Å². The first-order valence-corrected chi connectivity index (χ1v) is 11.4. The number of ether oxygens (including phenoxy) is 2. The SMILES string of the molecule is C=CCOC(=O)N1CCC(NC(=O)OCC2c3ccccc3-c3ccccc32)(C(=O)NC)CC1. The van der Waals surface area contributed by atoms with Crippen LogP contribution >= 0.6 is 0 Å². The molecule has 2 N–H and O–H groups in total. The van der Waals surface area contributed by atoms with Crippen molar-refractivity contribution in [3.8, 4) is 11.1 Å². The van der Waals surface area contributed by atoms with E-state index in [1.807, 2.05) is 24.3 Å². The molecule has 178 valence electrons. The fraction of sp³-hybridized carbons (Fsp3) is 0.346. The van der Waals surface area contributed by atoms with Crippen molar-refractivity contribution in [2.45, 2.75) is 24.3 Å². The minimum absolute atomic E-state index is 0.0735. The molecule has 1 fully saturated rings. The summed E-state index contributed by atoms with van der Waals surface area (Å²) in [6.07, 6.45) is 0.870. The maximum Gasteiger partial charge on any atom is 0.410 e. The van der Waals surface area contributed by atoms with Crippen LogP contribution in [0.15, 0.2) is 61.2 Å². The number of hydrogen-bond acceptors (Lipinski definition) is 5. The zero-order valence-corrected chi connectivity index (χ0v) is 19.2. The fourth-order valence-corrected chi connectivity index (χ4v) is 4.77. The summed E-state index contributed by atoms with van der Waals surface area (Å²) in [5, 5.41) is 5.41. The average molecular weight is 464 g/mol. The number of nitrogens with zero attached hydrogens (tertiary/aromatic N) is 1. The molecule has 0 unspecified atom stereocenters. The van der Waals surface area contributed by atoms with Gasteiger partial charge < -0.3 is 25.0 Å². The molecular weight excluding hydrogens is 434 g/mol. The van der Waals surface area contributed by atoms with Crippen molar-refractivity contribution >= 4 is 18.1 Å². The molecule has 0 radical (unpaired) electrons. The Kier molecular flexibility index (Phi) is 6.86. The van der Waals surface area contributed by atoms with E-state index in [2.05, 4.69) is 41.5 Å². The van der Waals surface area contributed by atoms with Crippen LogP contribution in [0.4, 0.5) is 9.59 Å². The number of fused-ring (bicyclic) bond motifs is 3. The van der Waals surface area contributed by atoms with Gasteiger partial charge in [0.15, 0.2) is 0 Å². The highest BCUT2D eigenvalue weighted by Crippen LogP contribution is 2.44. The number of carbonyl (C=O) groups excluding carboxylic acids is 3. The number of alkyl carbamates (subject to hydrolysis) is 1. The molecule has 0 atom stereocenters. The number of piperidine rings is 1. The zero-order chi connectivity index (χ0) is 24.1. The standard InChI is InChI=1S/C26H29N3O5/c1-3-16-33-25(32)29-14-12-26(13-15-29,23(30)27-2)28-24(31)34-17-22-20-10-6-4-8-18(20)19-9-5-7-11-21(19)22/h3-11,22H,1,12-17H2,2H3,(H,27,30)(H,28,31). The van der Waals surface area contributed by atoms with Crippen molar-refractivity contribution in [3.63, 3.8) is 0 Å². The third kappa shape index (κ3) is 4.48. The van der Waals surface area contributed by atoms with Crippen LogP contribution in [0, 0.1) is 0 Å². The molecule has 1 saturated heterocycles. The van der Waals surface area contributed by atoms with Crippen molar-refractivity contribution in [1.29, 1.82) is 0 Å². The van der Waals surface area contributed by atoms with E-state index >= 15 is 0 Å². The molecule has 2 aromatic carbocycles. The molecule has 8 nitrogen and oxygen atoms in total. The zero-order valence-electron chi connectivity index (χ0n) is 19.2. The van der Waals surface area contributed by atoms with Gasteiger partial charge in [0.2, 0.25) is 5.91 Å². The van der Waals surface area contributed by atoms with Crippen molar-refractivity contribution in [2.75, 3.05) is 33.4 Å². The number of carbonyl (C=O) groups is 3. The fourth-order valence-electron chi connectivity index (χ4n) is 4.77. The summed E-state index contributed by atoms with van der Waals surface area (Å²) in [6, 6.07) is 16.2. The molecule has 0 aromatic heterocycles. The van der Waals surface area contributed by atoms with Gasteiger partial charge in [-0.3, -0.25) is 4.79 Å². The predicted octanol–water partition coefficient (Wildman–Crippen LogP) is 3.43. The lowest BCUT2D eigenvalue weighted by Crippen LogP contribution is -2.63. The van der Waals surface area contributed by atoms with Gasteiger partial charge in [-0.15, -0.1) is 0 Å². The molecule has 0 spiro atoms. The molecule has 1 aliphatic carbocycles. The summed E-state index contributed by atoms with van der Waals surface area (Å²) in [5.41, 5.74) is 3.36. The minimum Gasteiger partial charge on any atom is -0.449 e. The summed E-state index contributed by atoms with van der Waals surface area (Å²) < 4.78 is 10.7. The van der Waals surface area contributed by atoms with E-state index < -0.39 is 17.7 Å². The summed E-state index contributed by atoms with van der Waals surface area (Å²) in [7, 11) is 1.52. The topological polar surface area (TPSA) is 97.0 Å². The van der Waals surface area contributed by atoms with Crippen LogP contribution in [0.25, 0.3) is 11.1 Å². The van der Waals surface area contributed by atoms with E-state index in [0.29, 0.717) is 0 Å². The number of rotatable bonds is 6. The van der Waals surface area contributed by atoms with Crippen LogP contribution in [0.3, 0.4) is 0 Å². The van der Waals surface area contributed by atoms with E-state index in [1.165, 1.54) is 18.0 Å². The van der Waals surface area contributed by atoms with Crippen LogP contribution in [0.5, 0.6) is 0 Å². The van der Waals surface area contributed by atoms with E-state index in [0.717, 1.165) is 22.3 Å². The third-order valence-corrected chi connectivity index (χ3v) is 6.55. The lowest BCUT2D eigenvalue weighted by molar-refractivity contribution is -0.128. The van der Waals surface area contributed by atoms with Gasteiger partial charge in [0, 0.05) is 26.1 Å². The van der Waals surface area contributed by atoms with E-state index in [-0.39, 0.29) is 51.0 Å². The molecule has 1 aliphatic heterocycles. The van der Waals surface area contributed by atoms with Gasteiger partial charge in [-0.25, -0.2) is 9.59 Å². The van der Waals surface area contributed by atoms with Crippen molar-refractivity contribution in [2.24, 2.45) is 0 Å². The van der Waals surface area contributed by atoms with Crippen LogP contribution in [0.2, 0.25) is 0 Å². The Morgan fingerprint density at radius 3 is 2.18 bits per heavy atom. The molecule has 0 bridgehead atoms. The number of amides is 3. The predicted molar refractivity (Wildman–Crippen MR) is 127 cm³/mol. The Morgan fingerprint density at radius 1 is 1.03 bits per heavy atom. The van der Waals surface area contributed by atoms with Gasteiger partial charge in [-0.05, 0) is 35.1 Å². The third-order valence-electron chi connectivity index (χ3n) is 6.55. The number of likely N-dealkylation sites (N-methyl/N-ethyl adjacent to an activating group) is 1. The second-order valence-electron chi connectivity index (χ2n) is 8.46. The van der Waals surface area contributed by atoms with Crippen LogP contribution in [0.1, 0.15) is 29.9 Å². The molecule has 34 heavy (non-hydrogen) atoms. The van der Waals surface area contributed by atoms with E-state index in [4.69, 9.17) is 9.47 Å². The Balaban J connectivity index is 1.42. The number of nitrogens with one attached hydrogen (secondary N) is 2. The first kappa shape index (κ1) is 23.4. The lowest BCUT2D eigenvalue weighted by Gasteiger charge is -2.40. The van der Waals surface area contributed by atoms with Gasteiger partial charge in [-0.2, -0.15) is 0 Å². The second kappa shape index (κ2) is 9.99. The molecule has 8 heteroatoms. The smallest absolute Gasteiger partial charge is 0.410 e. The minimum atomic E-state index is -1.16. The summed E-state index contributed by atoms with van der Waals surface area (Å²) in [4.78, 5) is 39.2. The normalized spacial score (nSPS) is 16.1. The highest BCUT2D eigenvalue weighted by Gasteiger charge is 2.44. The van der Waals surface area contributed by atoms with Gasteiger partial charge in [0.05, 0.1) is 0 Å². The largest absolute Gasteiger partial charge is 0.449 e. The van der Waals surface area contributed by atoms with Crippen molar-refractivity contribution in [1.82, 2.24) is 15.5 Å². The van der Waals surface area contributed by atoms with E-state index in [1.54, 1.807) is 0 Å². The Labute approximate surface area is 198 Å².